The summed E-state index contributed by atoms with van der Waals surface area (Å²) in [6, 6.07) is 6.50. The highest BCUT2D eigenvalue weighted by Gasteiger charge is 2.13. The van der Waals surface area contributed by atoms with Crippen molar-refractivity contribution >= 4 is 22.3 Å². The minimum atomic E-state index is -0.675. The van der Waals surface area contributed by atoms with Gasteiger partial charge in [0, 0.05) is 12.5 Å². The third-order valence-corrected chi connectivity index (χ3v) is 4.26. The highest BCUT2D eigenvalue weighted by molar-refractivity contribution is 7.16. The Kier molecular flexibility index (Phi) is 4.89. The van der Waals surface area contributed by atoms with E-state index in [1.165, 1.54) is 40.1 Å². The lowest BCUT2D eigenvalue weighted by atomic mass is 10.1. The number of carbonyl (C=O) groups excluding carboxylic acids is 1. The summed E-state index contributed by atoms with van der Waals surface area (Å²) in [6.07, 6.45) is 0.761. The zero-order chi connectivity index (χ0) is 18.0. The number of benzene rings is 1. The maximum Gasteiger partial charge on any atom is 0.338 e. The molecule has 0 aliphatic rings. The maximum absolute atomic E-state index is 13.1. The minimum Gasteiger partial charge on any atom is -0.456 e. The third kappa shape index (κ3) is 4.08. The number of halogens is 1. The van der Waals surface area contributed by atoms with Crippen LogP contribution in [0.15, 0.2) is 35.1 Å². The Morgan fingerprint density at radius 2 is 2.16 bits per heavy atom. The van der Waals surface area contributed by atoms with Crippen molar-refractivity contribution in [2.24, 2.45) is 5.92 Å². The zero-order valence-corrected chi connectivity index (χ0v) is 14.5. The SMILES string of the molecule is CC(C)Cc1nn2c(=O)cc(COC(=O)c3cccc(F)c3)nc2s1. The molecule has 0 saturated heterocycles. The third-order valence-electron chi connectivity index (χ3n) is 3.33. The van der Waals surface area contributed by atoms with Crippen LogP contribution in [0.1, 0.15) is 34.9 Å². The van der Waals surface area contributed by atoms with E-state index in [1.807, 2.05) is 0 Å². The van der Waals surface area contributed by atoms with Crippen molar-refractivity contribution in [2.45, 2.75) is 26.9 Å². The van der Waals surface area contributed by atoms with Crippen LogP contribution in [0, 0.1) is 11.7 Å². The molecule has 25 heavy (non-hydrogen) atoms. The molecule has 0 N–H and O–H groups in total. The molecule has 0 atom stereocenters. The van der Waals surface area contributed by atoms with Crippen LogP contribution in [0.3, 0.4) is 0 Å². The first-order chi connectivity index (χ1) is 11.9. The maximum atomic E-state index is 13.1. The zero-order valence-electron chi connectivity index (χ0n) is 13.7. The summed E-state index contributed by atoms with van der Waals surface area (Å²) < 4.78 is 19.5. The van der Waals surface area contributed by atoms with E-state index in [1.54, 1.807) is 0 Å². The lowest BCUT2D eigenvalue weighted by Crippen LogP contribution is -2.17. The molecule has 0 unspecified atom stereocenters. The van der Waals surface area contributed by atoms with E-state index in [0.717, 1.165) is 17.5 Å². The summed E-state index contributed by atoms with van der Waals surface area (Å²) in [5.41, 5.74) is 0.109. The summed E-state index contributed by atoms with van der Waals surface area (Å²) in [5, 5.41) is 5.08. The number of ether oxygens (including phenoxy) is 1. The van der Waals surface area contributed by atoms with Gasteiger partial charge in [-0.05, 0) is 24.1 Å². The molecule has 2 aromatic heterocycles. The van der Waals surface area contributed by atoms with Gasteiger partial charge >= 0.3 is 5.97 Å². The average molecular weight is 361 g/mol. The van der Waals surface area contributed by atoms with Crippen molar-refractivity contribution in [1.82, 2.24) is 14.6 Å². The number of fused-ring (bicyclic) bond motifs is 1. The molecule has 8 heteroatoms. The molecular formula is C17H16FN3O3S. The second-order valence-corrected chi connectivity index (χ2v) is 7.00. The quantitative estimate of drug-likeness (QED) is 0.654. The molecule has 1 aromatic carbocycles. The van der Waals surface area contributed by atoms with Gasteiger partial charge in [0.05, 0.1) is 11.3 Å². The van der Waals surface area contributed by atoms with Crippen molar-refractivity contribution in [3.05, 3.63) is 62.8 Å². The van der Waals surface area contributed by atoms with Crippen LogP contribution in [-0.4, -0.2) is 20.6 Å². The smallest absolute Gasteiger partial charge is 0.338 e. The summed E-state index contributed by atoms with van der Waals surface area (Å²) in [6.45, 7) is 3.97. The van der Waals surface area contributed by atoms with E-state index in [-0.39, 0.29) is 17.7 Å². The molecule has 0 fully saturated rings. The fourth-order valence-corrected chi connectivity index (χ4v) is 3.37. The van der Waals surface area contributed by atoms with Crippen LogP contribution in [0.25, 0.3) is 4.96 Å². The Morgan fingerprint density at radius 1 is 1.36 bits per heavy atom. The predicted molar refractivity (Wildman–Crippen MR) is 91.2 cm³/mol. The molecule has 6 nitrogen and oxygen atoms in total. The molecule has 3 aromatic rings. The van der Waals surface area contributed by atoms with Gasteiger partial charge in [0.25, 0.3) is 5.56 Å². The van der Waals surface area contributed by atoms with Crippen LogP contribution >= 0.6 is 11.3 Å². The van der Waals surface area contributed by atoms with E-state index in [2.05, 4.69) is 23.9 Å². The second-order valence-electron chi connectivity index (χ2n) is 5.96. The molecule has 130 valence electrons. The summed E-state index contributed by atoms with van der Waals surface area (Å²) in [5.74, 6) is -0.774. The fraction of sp³-hybridized carbons (Fsp3) is 0.294. The predicted octanol–water partition coefficient (Wildman–Crippen LogP) is 2.85. The van der Waals surface area contributed by atoms with E-state index < -0.39 is 11.8 Å². The van der Waals surface area contributed by atoms with Crippen LogP contribution < -0.4 is 5.56 Å². The number of aromatic nitrogens is 3. The number of hydrogen-bond donors (Lipinski definition) is 0. The van der Waals surface area contributed by atoms with Crippen molar-refractivity contribution in [3.63, 3.8) is 0 Å². The second kappa shape index (κ2) is 7.10. The lowest BCUT2D eigenvalue weighted by Gasteiger charge is -2.04. The van der Waals surface area contributed by atoms with Gasteiger partial charge in [0.1, 0.15) is 17.4 Å². The van der Waals surface area contributed by atoms with E-state index in [4.69, 9.17) is 4.74 Å². The van der Waals surface area contributed by atoms with Gasteiger partial charge in [0.2, 0.25) is 4.96 Å². The molecule has 0 saturated carbocycles. The molecule has 0 aliphatic heterocycles. The van der Waals surface area contributed by atoms with Crippen molar-refractivity contribution in [1.29, 1.82) is 0 Å². The average Bonchev–Trinajstić information content (AvgIpc) is 2.94. The normalized spacial score (nSPS) is 11.2. The first-order valence-corrected chi connectivity index (χ1v) is 8.55. The summed E-state index contributed by atoms with van der Waals surface area (Å²) in [7, 11) is 0. The van der Waals surface area contributed by atoms with Crippen molar-refractivity contribution in [3.8, 4) is 0 Å². The van der Waals surface area contributed by atoms with Gasteiger partial charge in [-0.2, -0.15) is 9.61 Å². The highest BCUT2D eigenvalue weighted by atomic mass is 32.1. The Morgan fingerprint density at radius 3 is 2.88 bits per heavy atom. The van der Waals surface area contributed by atoms with Crippen LogP contribution in [0.2, 0.25) is 0 Å². The minimum absolute atomic E-state index is 0.106. The summed E-state index contributed by atoms with van der Waals surface area (Å²) in [4.78, 5) is 28.8. The molecule has 0 bridgehead atoms. The van der Waals surface area contributed by atoms with Gasteiger partial charge in [-0.3, -0.25) is 4.79 Å². The number of rotatable bonds is 5. The summed E-state index contributed by atoms with van der Waals surface area (Å²) >= 11 is 1.34. The van der Waals surface area contributed by atoms with E-state index >= 15 is 0 Å². The number of esters is 1. The first-order valence-electron chi connectivity index (χ1n) is 7.74. The van der Waals surface area contributed by atoms with Crippen molar-refractivity contribution < 1.29 is 13.9 Å². The highest BCUT2D eigenvalue weighted by Crippen LogP contribution is 2.15. The Balaban J connectivity index is 1.77. The molecule has 0 spiro atoms. The van der Waals surface area contributed by atoms with Crippen molar-refractivity contribution in [2.75, 3.05) is 0 Å². The van der Waals surface area contributed by atoms with Gasteiger partial charge in [0.15, 0.2) is 0 Å². The van der Waals surface area contributed by atoms with Gasteiger partial charge in [-0.1, -0.05) is 31.3 Å². The molecule has 2 heterocycles. The fourth-order valence-electron chi connectivity index (χ4n) is 2.24. The Hall–Kier alpha value is -2.61. The van der Waals surface area contributed by atoms with Gasteiger partial charge in [-0.25, -0.2) is 14.2 Å². The largest absolute Gasteiger partial charge is 0.456 e. The van der Waals surface area contributed by atoms with Crippen LogP contribution in [0.5, 0.6) is 0 Å². The van der Waals surface area contributed by atoms with E-state index in [0.29, 0.717) is 16.6 Å². The topological polar surface area (TPSA) is 73.6 Å². The Labute approximate surface area is 146 Å². The lowest BCUT2D eigenvalue weighted by molar-refractivity contribution is 0.0467. The monoisotopic (exact) mass is 361 g/mol. The number of carbonyl (C=O) groups is 1. The van der Waals surface area contributed by atoms with Crippen LogP contribution in [-0.2, 0) is 17.8 Å². The van der Waals surface area contributed by atoms with Crippen LogP contribution in [0.4, 0.5) is 4.39 Å². The van der Waals surface area contributed by atoms with Gasteiger partial charge < -0.3 is 4.74 Å². The first kappa shape index (κ1) is 17.2. The number of hydrogen-bond acceptors (Lipinski definition) is 6. The number of nitrogens with zero attached hydrogens (tertiary/aromatic N) is 3. The van der Waals surface area contributed by atoms with Gasteiger partial charge in [-0.15, -0.1) is 0 Å². The molecular weight excluding hydrogens is 345 g/mol. The standard InChI is InChI=1S/C17H16FN3O3S/c1-10(2)6-14-20-21-15(22)8-13(19-17(21)25-14)9-24-16(23)11-4-3-5-12(18)7-11/h3-5,7-8,10H,6,9H2,1-2H3. The Bertz CT molecular complexity index is 981. The molecule has 3 rings (SSSR count). The molecule has 0 radical (unpaired) electrons. The van der Waals surface area contributed by atoms with E-state index in [9.17, 15) is 14.0 Å². The molecule has 0 amide bonds. The molecule has 0 aliphatic carbocycles.